The lowest BCUT2D eigenvalue weighted by molar-refractivity contribution is -0.205. The number of carbonyl (C=O) groups excluding carboxylic acids is 1. The van der Waals surface area contributed by atoms with E-state index in [0.717, 1.165) is 19.6 Å². The van der Waals surface area contributed by atoms with Crippen molar-refractivity contribution in [2.45, 2.75) is 66.9 Å². The highest BCUT2D eigenvalue weighted by atomic mass is 35.5. The molecule has 11 heteroatoms. The van der Waals surface area contributed by atoms with Gasteiger partial charge in [0.1, 0.15) is 35.9 Å². The number of aliphatic hydroxyl groups excluding tert-OH is 3. The molecule has 3 aliphatic heterocycles. The summed E-state index contributed by atoms with van der Waals surface area (Å²) in [6.07, 6.45) is -3.57. The first-order valence-electron chi connectivity index (χ1n) is 12.1. The summed E-state index contributed by atoms with van der Waals surface area (Å²) >= 11 is 7.63. The number of aliphatic hydroxyl groups is 3. The van der Waals surface area contributed by atoms with Crippen molar-refractivity contribution >= 4 is 29.3 Å². The molecule has 1 amide bonds. The second kappa shape index (κ2) is 12.1. The lowest BCUT2D eigenvalue weighted by atomic mass is 9.92. The molecule has 9 nitrogen and oxygen atoms in total. The second-order valence-corrected chi connectivity index (χ2v) is 11.2. The molecule has 1 aromatic rings. The van der Waals surface area contributed by atoms with E-state index in [1.807, 2.05) is 18.2 Å². The highest BCUT2D eigenvalue weighted by Crippen LogP contribution is 2.31. The maximum atomic E-state index is 13.4. The Balaban J connectivity index is 1.40. The minimum Gasteiger partial charge on any atom is -0.388 e. The molecular formula is C24H36ClN3O6S. The SMILES string of the molecule is CSC1O[C@H]([C@H](NC(=O)[C@H]2NC[C@@H]3CN(Cc4ccccc4)CCO[C@H]32)[C@H](C)Cl)C(O)[C@@H](O)[C@H]1O. The maximum absolute atomic E-state index is 13.4. The van der Waals surface area contributed by atoms with Gasteiger partial charge < -0.3 is 35.4 Å². The minimum absolute atomic E-state index is 0.151. The van der Waals surface area contributed by atoms with E-state index in [-0.39, 0.29) is 17.9 Å². The molecule has 3 fully saturated rings. The van der Waals surface area contributed by atoms with Crippen LogP contribution in [-0.4, -0.2) is 112 Å². The summed E-state index contributed by atoms with van der Waals surface area (Å²) < 4.78 is 12.0. The fourth-order valence-electron chi connectivity index (χ4n) is 5.23. The number of nitrogens with one attached hydrogen (secondary N) is 2. The molecule has 0 aliphatic carbocycles. The molecule has 1 aromatic carbocycles. The largest absolute Gasteiger partial charge is 0.388 e. The number of thioether (sulfide) groups is 1. The van der Waals surface area contributed by atoms with Crippen LogP contribution < -0.4 is 10.6 Å². The quantitative estimate of drug-likeness (QED) is 0.304. The number of benzene rings is 1. The van der Waals surface area contributed by atoms with Crippen molar-refractivity contribution in [1.82, 2.24) is 15.5 Å². The Morgan fingerprint density at radius 3 is 2.69 bits per heavy atom. The third-order valence-corrected chi connectivity index (χ3v) is 8.26. The van der Waals surface area contributed by atoms with Crippen molar-refractivity contribution in [1.29, 1.82) is 0 Å². The van der Waals surface area contributed by atoms with Crippen molar-refractivity contribution in [3.05, 3.63) is 35.9 Å². The number of rotatable bonds is 7. The Morgan fingerprint density at radius 2 is 2.00 bits per heavy atom. The lowest BCUT2D eigenvalue weighted by Crippen LogP contribution is -2.65. The van der Waals surface area contributed by atoms with Gasteiger partial charge in [0, 0.05) is 32.1 Å². The number of halogens is 1. The van der Waals surface area contributed by atoms with Crippen LogP contribution in [0.15, 0.2) is 30.3 Å². The fourth-order valence-corrected chi connectivity index (χ4v) is 6.11. The van der Waals surface area contributed by atoms with Crippen molar-refractivity contribution in [3.8, 4) is 0 Å². The summed E-state index contributed by atoms with van der Waals surface area (Å²) in [5.41, 5.74) is 0.495. The molecular weight excluding hydrogens is 494 g/mol. The smallest absolute Gasteiger partial charge is 0.240 e. The van der Waals surface area contributed by atoms with Crippen LogP contribution in [0.5, 0.6) is 0 Å². The van der Waals surface area contributed by atoms with E-state index in [4.69, 9.17) is 21.1 Å². The molecule has 0 bridgehead atoms. The van der Waals surface area contributed by atoms with E-state index in [1.165, 1.54) is 17.3 Å². The van der Waals surface area contributed by atoms with Crippen LogP contribution in [0.2, 0.25) is 0 Å². The van der Waals surface area contributed by atoms with Gasteiger partial charge in [-0.3, -0.25) is 9.69 Å². The number of alkyl halides is 1. The Bertz CT molecular complexity index is 837. The zero-order valence-electron chi connectivity index (χ0n) is 20.0. The Labute approximate surface area is 215 Å². The van der Waals surface area contributed by atoms with Crippen LogP contribution >= 0.6 is 23.4 Å². The molecule has 10 atom stereocenters. The van der Waals surface area contributed by atoms with E-state index in [2.05, 4.69) is 27.7 Å². The van der Waals surface area contributed by atoms with Crippen molar-refractivity contribution < 1.29 is 29.6 Å². The molecule has 0 spiro atoms. The van der Waals surface area contributed by atoms with E-state index >= 15 is 0 Å². The van der Waals surface area contributed by atoms with Gasteiger partial charge in [0.2, 0.25) is 5.91 Å². The number of carbonyl (C=O) groups is 1. The topological polar surface area (TPSA) is 124 Å². The van der Waals surface area contributed by atoms with Gasteiger partial charge in [-0.25, -0.2) is 0 Å². The third-order valence-electron chi connectivity index (χ3n) is 7.13. The normalized spacial score (nSPS) is 37.8. The van der Waals surface area contributed by atoms with Crippen LogP contribution in [0.3, 0.4) is 0 Å². The first kappa shape index (κ1) is 27.1. The Kier molecular flexibility index (Phi) is 9.34. The number of ether oxygens (including phenoxy) is 2. The monoisotopic (exact) mass is 529 g/mol. The molecule has 5 N–H and O–H groups in total. The summed E-state index contributed by atoms with van der Waals surface area (Å²) in [4.78, 5) is 15.7. The van der Waals surface area contributed by atoms with Crippen LogP contribution in [0.25, 0.3) is 0 Å². The van der Waals surface area contributed by atoms with E-state index in [9.17, 15) is 20.1 Å². The van der Waals surface area contributed by atoms with Gasteiger partial charge in [-0.15, -0.1) is 23.4 Å². The highest BCUT2D eigenvalue weighted by Gasteiger charge is 2.49. The van der Waals surface area contributed by atoms with E-state index < -0.39 is 47.3 Å². The second-order valence-electron chi connectivity index (χ2n) is 9.59. The number of hydrogen-bond acceptors (Lipinski definition) is 9. The molecule has 0 saturated carbocycles. The molecule has 196 valence electrons. The van der Waals surface area contributed by atoms with Gasteiger partial charge in [-0.05, 0) is 18.7 Å². The average molecular weight is 530 g/mol. The number of fused-ring (bicyclic) bond motifs is 1. The Hall–Kier alpha value is -0.950. The summed E-state index contributed by atoms with van der Waals surface area (Å²) in [6, 6.07) is 8.95. The van der Waals surface area contributed by atoms with Crippen LogP contribution in [0.1, 0.15) is 12.5 Å². The molecule has 3 aliphatic rings. The lowest BCUT2D eigenvalue weighted by Gasteiger charge is -2.44. The number of amides is 1. The minimum atomic E-state index is -1.41. The summed E-state index contributed by atoms with van der Waals surface area (Å²) in [6.45, 7) is 5.31. The molecule has 4 rings (SSSR count). The molecule has 0 radical (unpaired) electrons. The molecule has 0 aromatic heterocycles. The molecule has 35 heavy (non-hydrogen) atoms. The third kappa shape index (κ3) is 6.14. The van der Waals surface area contributed by atoms with Crippen LogP contribution in [0.4, 0.5) is 0 Å². The zero-order valence-corrected chi connectivity index (χ0v) is 21.6. The molecule has 3 heterocycles. The molecule has 3 saturated heterocycles. The molecule has 2 unspecified atom stereocenters. The predicted octanol–water partition coefficient (Wildman–Crippen LogP) is -0.242. The van der Waals surface area contributed by atoms with E-state index in [1.54, 1.807) is 13.2 Å². The van der Waals surface area contributed by atoms with Crippen molar-refractivity contribution in [3.63, 3.8) is 0 Å². The summed E-state index contributed by atoms with van der Waals surface area (Å²) in [5.74, 6) is -0.137. The number of nitrogens with zero attached hydrogens (tertiary/aromatic N) is 1. The zero-order chi connectivity index (χ0) is 25.1. The highest BCUT2D eigenvalue weighted by molar-refractivity contribution is 7.99. The first-order chi connectivity index (χ1) is 16.8. The standard InChI is InChI=1S/C24H36ClN3O6S/c1-13(25)16(22-19(30)18(29)20(31)24(34-22)35-2)27-23(32)17-21-15(10-26-17)12-28(8-9-33-21)11-14-6-4-3-5-7-14/h3-7,13,15-22,24,26,29-31H,8-12H2,1-2H3,(H,27,32)/t13-,15+,16+,17-,18+,19?,20+,21+,22+,24?/m0/s1. The van der Waals surface area contributed by atoms with Gasteiger partial charge in [0.15, 0.2) is 0 Å². The number of hydrogen-bond donors (Lipinski definition) is 5. The van der Waals surface area contributed by atoms with Crippen molar-refractivity contribution in [2.24, 2.45) is 5.92 Å². The van der Waals surface area contributed by atoms with Crippen molar-refractivity contribution in [2.75, 3.05) is 32.5 Å². The maximum Gasteiger partial charge on any atom is 0.240 e. The Morgan fingerprint density at radius 1 is 1.26 bits per heavy atom. The summed E-state index contributed by atoms with van der Waals surface area (Å²) in [5, 5.41) is 36.7. The van der Waals surface area contributed by atoms with Crippen LogP contribution in [0, 0.1) is 5.92 Å². The van der Waals surface area contributed by atoms with Gasteiger partial charge in [0.05, 0.1) is 24.1 Å². The first-order valence-corrected chi connectivity index (χ1v) is 13.8. The van der Waals surface area contributed by atoms with Gasteiger partial charge in [-0.1, -0.05) is 30.3 Å². The fraction of sp³-hybridized carbons (Fsp3) is 0.708. The predicted molar refractivity (Wildman–Crippen MR) is 134 cm³/mol. The average Bonchev–Trinajstić information content (AvgIpc) is 3.13. The van der Waals surface area contributed by atoms with Gasteiger partial charge in [-0.2, -0.15) is 0 Å². The van der Waals surface area contributed by atoms with Crippen LogP contribution in [-0.2, 0) is 20.8 Å². The summed E-state index contributed by atoms with van der Waals surface area (Å²) in [7, 11) is 0. The van der Waals surface area contributed by atoms with Gasteiger partial charge in [0.25, 0.3) is 0 Å². The van der Waals surface area contributed by atoms with Gasteiger partial charge >= 0.3 is 0 Å². The van der Waals surface area contributed by atoms with E-state index in [0.29, 0.717) is 13.2 Å².